The van der Waals surface area contributed by atoms with Crippen molar-refractivity contribution in [3.63, 3.8) is 0 Å². The van der Waals surface area contributed by atoms with E-state index < -0.39 is 20.9 Å². The Labute approximate surface area is 172 Å². The summed E-state index contributed by atoms with van der Waals surface area (Å²) in [5.41, 5.74) is -0.564. The van der Waals surface area contributed by atoms with Gasteiger partial charge in [0.1, 0.15) is 5.69 Å². The number of aryl methyl sites for hydroxylation is 1. The number of hydrogen-bond acceptors (Lipinski definition) is 9. The Hall–Kier alpha value is -3.54. The SMILES string of the molecule is COC(=O)c1cc(OC)c(OC)c(OC)c1NS(=O)(=O)c1ccc(C)c([N+](=O)[O-])c1. The second-order valence-electron chi connectivity index (χ2n) is 5.87. The molecule has 0 aliphatic carbocycles. The normalized spacial score (nSPS) is 10.8. The van der Waals surface area contributed by atoms with Gasteiger partial charge in [0, 0.05) is 17.7 Å². The van der Waals surface area contributed by atoms with Gasteiger partial charge in [-0.15, -0.1) is 0 Å². The molecule has 2 aromatic rings. The lowest BCUT2D eigenvalue weighted by atomic mass is 10.1. The molecule has 0 atom stereocenters. The van der Waals surface area contributed by atoms with Crippen LogP contribution in [0.2, 0.25) is 0 Å². The Balaban J connectivity index is 2.73. The van der Waals surface area contributed by atoms with Gasteiger partial charge >= 0.3 is 5.97 Å². The number of nitro benzene ring substituents is 1. The number of nitro groups is 1. The van der Waals surface area contributed by atoms with Gasteiger partial charge in [-0.2, -0.15) is 0 Å². The third-order valence-electron chi connectivity index (χ3n) is 4.16. The van der Waals surface area contributed by atoms with Gasteiger partial charge in [0.25, 0.3) is 15.7 Å². The van der Waals surface area contributed by atoms with Gasteiger partial charge < -0.3 is 18.9 Å². The molecule has 0 heterocycles. The molecule has 0 aliphatic rings. The first kappa shape index (κ1) is 22.7. The molecule has 0 radical (unpaired) electrons. The van der Waals surface area contributed by atoms with E-state index in [4.69, 9.17) is 18.9 Å². The van der Waals surface area contributed by atoms with Crippen LogP contribution in [0.1, 0.15) is 15.9 Å². The lowest BCUT2D eigenvalue weighted by molar-refractivity contribution is -0.385. The number of anilines is 1. The van der Waals surface area contributed by atoms with Crippen LogP contribution in [0.4, 0.5) is 11.4 Å². The highest BCUT2D eigenvalue weighted by Gasteiger charge is 2.29. The van der Waals surface area contributed by atoms with Crippen LogP contribution in [0.15, 0.2) is 29.2 Å². The molecule has 11 nitrogen and oxygen atoms in total. The van der Waals surface area contributed by atoms with Crippen LogP contribution >= 0.6 is 0 Å². The highest BCUT2D eigenvalue weighted by molar-refractivity contribution is 7.92. The summed E-state index contributed by atoms with van der Waals surface area (Å²) >= 11 is 0. The van der Waals surface area contributed by atoms with E-state index in [0.29, 0.717) is 0 Å². The van der Waals surface area contributed by atoms with Gasteiger partial charge in [0.2, 0.25) is 5.75 Å². The molecule has 0 amide bonds. The van der Waals surface area contributed by atoms with E-state index in [0.717, 1.165) is 13.2 Å². The second kappa shape index (κ2) is 8.86. The molecule has 0 aliphatic heterocycles. The predicted octanol–water partition coefficient (Wildman–Crippen LogP) is 2.52. The minimum atomic E-state index is -4.37. The number of rotatable bonds is 8. The second-order valence-corrected chi connectivity index (χ2v) is 7.55. The lowest BCUT2D eigenvalue weighted by Gasteiger charge is -2.19. The van der Waals surface area contributed by atoms with Gasteiger partial charge in [-0.3, -0.25) is 14.8 Å². The summed E-state index contributed by atoms with van der Waals surface area (Å²) in [5.74, 6) is -0.881. The molecule has 0 spiro atoms. The van der Waals surface area contributed by atoms with E-state index >= 15 is 0 Å². The van der Waals surface area contributed by atoms with Crippen molar-refractivity contribution in [2.24, 2.45) is 0 Å². The van der Waals surface area contributed by atoms with E-state index in [1.165, 1.54) is 46.5 Å². The van der Waals surface area contributed by atoms with Crippen LogP contribution in [0.25, 0.3) is 0 Å². The number of sulfonamides is 1. The van der Waals surface area contributed by atoms with E-state index in [2.05, 4.69) is 4.72 Å². The van der Waals surface area contributed by atoms with E-state index in [1.807, 2.05) is 0 Å². The molecule has 0 fully saturated rings. The molecular formula is C18H20N2O9S. The number of nitrogens with one attached hydrogen (secondary N) is 1. The highest BCUT2D eigenvalue weighted by atomic mass is 32.2. The van der Waals surface area contributed by atoms with Crippen LogP contribution in [0, 0.1) is 17.0 Å². The largest absolute Gasteiger partial charge is 0.493 e. The number of ether oxygens (including phenoxy) is 4. The molecule has 2 rings (SSSR count). The minimum Gasteiger partial charge on any atom is -0.493 e. The van der Waals surface area contributed by atoms with Gasteiger partial charge in [-0.05, 0) is 13.0 Å². The first-order valence-electron chi connectivity index (χ1n) is 8.30. The lowest BCUT2D eigenvalue weighted by Crippen LogP contribution is -2.18. The van der Waals surface area contributed by atoms with Gasteiger partial charge in [0.15, 0.2) is 11.5 Å². The predicted molar refractivity (Wildman–Crippen MR) is 106 cm³/mol. The van der Waals surface area contributed by atoms with Crippen molar-refractivity contribution in [1.29, 1.82) is 0 Å². The van der Waals surface area contributed by atoms with Crippen molar-refractivity contribution in [1.82, 2.24) is 0 Å². The fraction of sp³-hybridized carbons (Fsp3) is 0.278. The van der Waals surface area contributed by atoms with E-state index in [-0.39, 0.29) is 44.6 Å². The molecule has 1 N–H and O–H groups in total. The maximum absolute atomic E-state index is 13.0. The van der Waals surface area contributed by atoms with Crippen LogP contribution in [-0.4, -0.2) is 47.7 Å². The van der Waals surface area contributed by atoms with Gasteiger partial charge in [-0.25, -0.2) is 13.2 Å². The van der Waals surface area contributed by atoms with Crippen molar-refractivity contribution in [3.8, 4) is 17.2 Å². The Kier molecular flexibility index (Phi) is 6.72. The summed E-state index contributed by atoms with van der Waals surface area (Å²) in [6, 6.07) is 4.65. The first-order chi connectivity index (χ1) is 14.1. The quantitative estimate of drug-likeness (QED) is 0.372. The maximum Gasteiger partial charge on any atom is 0.340 e. The molecule has 12 heteroatoms. The third kappa shape index (κ3) is 4.22. The van der Waals surface area contributed by atoms with Gasteiger partial charge in [-0.1, -0.05) is 6.07 Å². The van der Waals surface area contributed by atoms with Crippen LogP contribution in [0.3, 0.4) is 0 Å². The zero-order valence-electron chi connectivity index (χ0n) is 16.8. The molecule has 0 saturated heterocycles. The molecular weight excluding hydrogens is 420 g/mol. The molecule has 30 heavy (non-hydrogen) atoms. The number of methoxy groups -OCH3 is 4. The summed E-state index contributed by atoms with van der Waals surface area (Å²) in [5, 5.41) is 11.2. The average molecular weight is 440 g/mol. The van der Waals surface area contributed by atoms with Crippen molar-refractivity contribution < 1.29 is 37.1 Å². The first-order valence-corrected chi connectivity index (χ1v) is 9.78. The molecule has 2 aromatic carbocycles. The molecule has 0 aromatic heterocycles. The summed E-state index contributed by atoms with van der Waals surface area (Å²) in [4.78, 5) is 22.4. The van der Waals surface area contributed by atoms with Crippen LogP contribution in [0.5, 0.6) is 17.2 Å². The Bertz CT molecular complexity index is 1100. The van der Waals surface area contributed by atoms with E-state index in [9.17, 15) is 23.3 Å². The summed E-state index contributed by atoms with van der Waals surface area (Å²) in [7, 11) is 0.627. The molecule has 0 saturated carbocycles. The maximum atomic E-state index is 13.0. The number of benzene rings is 2. The van der Waals surface area contributed by atoms with Crippen molar-refractivity contribution in [2.45, 2.75) is 11.8 Å². The van der Waals surface area contributed by atoms with Crippen molar-refractivity contribution in [3.05, 3.63) is 45.5 Å². The monoisotopic (exact) mass is 440 g/mol. The van der Waals surface area contributed by atoms with Crippen molar-refractivity contribution in [2.75, 3.05) is 33.2 Å². The summed E-state index contributed by atoms with van der Waals surface area (Å²) in [6.07, 6.45) is 0. The van der Waals surface area contributed by atoms with Gasteiger partial charge in [0.05, 0.1) is 43.8 Å². The number of carbonyl (C=O) groups excluding carboxylic acids is 1. The minimum absolute atomic E-state index is 0.0280. The number of carbonyl (C=O) groups is 1. The Morgan fingerprint density at radius 2 is 1.67 bits per heavy atom. The number of esters is 1. The highest BCUT2D eigenvalue weighted by Crippen LogP contribution is 2.46. The Morgan fingerprint density at radius 1 is 1.03 bits per heavy atom. The van der Waals surface area contributed by atoms with Crippen LogP contribution < -0.4 is 18.9 Å². The fourth-order valence-corrected chi connectivity index (χ4v) is 3.78. The zero-order valence-corrected chi connectivity index (χ0v) is 17.7. The molecule has 0 unspecified atom stereocenters. The third-order valence-corrected chi connectivity index (χ3v) is 5.51. The Morgan fingerprint density at radius 3 is 2.17 bits per heavy atom. The topological polar surface area (TPSA) is 143 Å². The number of nitrogens with zero attached hydrogens (tertiary/aromatic N) is 1. The smallest absolute Gasteiger partial charge is 0.340 e. The molecule has 0 bridgehead atoms. The fourth-order valence-electron chi connectivity index (χ4n) is 2.67. The zero-order chi connectivity index (χ0) is 22.6. The number of hydrogen-bond donors (Lipinski definition) is 1. The summed E-state index contributed by atoms with van der Waals surface area (Å²) < 4.78 is 48.5. The standard InChI is InChI=1S/C18H20N2O9S/c1-10-6-7-11(8-13(10)20(22)23)30(24,25)19-15-12(18(21)29-5)9-14(26-2)16(27-3)17(15)28-4/h6-9,19H,1-5H3. The van der Waals surface area contributed by atoms with Crippen LogP contribution in [-0.2, 0) is 14.8 Å². The molecule has 162 valence electrons. The average Bonchev–Trinajstić information content (AvgIpc) is 2.72. The summed E-state index contributed by atoms with van der Waals surface area (Å²) in [6.45, 7) is 1.48. The van der Waals surface area contributed by atoms with Crippen molar-refractivity contribution >= 4 is 27.4 Å². The van der Waals surface area contributed by atoms with E-state index in [1.54, 1.807) is 0 Å².